The van der Waals surface area contributed by atoms with Crippen molar-refractivity contribution >= 4 is 11.6 Å². The van der Waals surface area contributed by atoms with Crippen LogP contribution in [0.5, 0.6) is 0 Å². The van der Waals surface area contributed by atoms with Gasteiger partial charge in [-0.1, -0.05) is 18.2 Å². The summed E-state index contributed by atoms with van der Waals surface area (Å²) in [5, 5.41) is 2.84. The van der Waals surface area contributed by atoms with Crippen molar-refractivity contribution in [1.29, 1.82) is 0 Å². The molecule has 0 saturated heterocycles. The van der Waals surface area contributed by atoms with Gasteiger partial charge in [-0.05, 0) is 48.9 Å². The van der Waals surface area contributed by atoms with E-state index in [1.165, 1.54) is 6.07 Å². The summed E-state index contributed by atoms with van der Waals surface area (Å²) < 4.78 is 1.98. The molecule has 0 aliphatic heterocycles. The number of aryl methyl sites for hydroxylation is 1. The zero-order chi connectivity index (χ0) is 20.9. The van der Waals surface area contributed by atoms with Gasteiger partial charge in [0.2, 0.25) is 0 Å². The summed E-state index contributed by atoms with van der Waals surface area (Å²) >= 11 is 0. The van der Waals surface area contributed by atoms with Crippen LogP contribution < -0.4 is 10.7 Å². The Labute approximate surface area is 173 Å². The van der Waals surface area contributed by atoms with Gasteiger partial charge in [0.1, 0.15) is 5.56 Å². The van der Waals surface area contributed by atoms with E-state index in [-0.39, 0.29) is 11.0 Å². The van der Waals surface area contributed by atoms with Crippen LogP contribution in [0, 0.1) is 6.92 Å². The highest BCUT2D eigenvalue weighted by molar-refractivity contribution is 6.08. The number of nitrogens with zero attached hydrogens (tertiary/aromatic N) is 3. The number of pyridine rings is 3. The van der Waals surface area contributed by atoms with Crippen molar-refractivity contribution in [2.75, 3.05) is 5.32 Å². The Morgan fingerprint density at radius 3 is 2.23 bits per heavy atom. The molecule has 0 spiro atoms. The molecule has 4 aromatic rings. The zero-order valence-corrected chi connectivity index (χ0v) is 16.4. The van der Waals surface area contributed by atoms with Crippen LogP contribution in [0.25, 0.3) is 11.3 Å². The van der Waals surface area contributed by atoms with E-state index in [2.05, 4.69) is 15.3 Å². The van der Waals surface area contributed by atoms with Gasteiger partial charge >= 0.3 is 0 Å². The molecule has 30 heavy (non-hydrogen) atoms. The molecule has 3 aromatic heterocycles. The van der Waals surface area contributed by atoms with Gasteiger partial charge in [0, 0.05) is 54.3 Å². The Kier molecular flexibility index (Phi) is 5.48. The summed E-state index contributed by atoms with van der Waals surface area (Å²) in [6.45, 7) is 2.37. The highest BCUT2D eigenvalue weighted by atomic mass is 16.2. The van der Waals surface area contributed by atoms with Gasteiger partial charge in [-0.15, -0.1) is 0 Å². The van der Waals surface area contributed by atoms with Crippen molar-refractivity contribution in [1.82, 2.24) is 14.5 Å². The number of rotatable bonds is 5. The first-order chi connectivity index (χ1) is 14.6. The van der Waals surface area contributed by atoms with Gasteiger partial charge in [0.05, 0.1) is 5.69 Å². The zero-order valence-electron chi connectivity index (χ0n) is 16.4. The molecule has 4 rings (SSSR count). The largest absolute Gasteiger partial charge is 0.340 e. The van der Waals surface area contributed by atoms with Gasteiger partial charge in [-0.25, -0.2) is 0 Å². The molecular formula is C24H20N4O2. The monoisotopic (exact) mass is 396 g/mol. The number of hydrogen-bond acceptors (Lipinski definition) is 4. The summed E-state index contributed by atoms with van der Waals surface area (Å²) in [6, 6.07) is 18.0. The van der Waals surface area contributed by atoms with Crippen molar-refractivity contribution in [3.8, 4) is 11.3 Å². The average Bonchev–Trinajstić information content (AvgIpc) is 2.77. The van der Waals surface area contributed by atoms with E-state index in [9.17, 15) is 9.59 Å². The summed E-state index contributed by atoms with van der Waals surface area (Å²) in [4.78, 5) is 34.3. The van der Waals surface area contributed by atoms with E-state index >= 15 is 0 Å². The van der Waals surface area contributed by atoms with Crippen LogP contribution in [-0.4, -0.2) is 20.4 Å². The number of anilines is 1. The van der Waals surface area contributed by atoms with Crippen molar-refractivity contribution in [3.63, 3.8) is 0 Å². The van der Waals surface area contributed by atoms with Crippen LogP contribution in [-0.2, 0) is 6.54 Å². The van der Waals surface area contributed by atoms with Crippen LogP contribution in [0.15, 0.2) is 90.2 Å². The molecule has 0 bridgehead atoms. The number of carbonyl (C=O) groups is 1. The number of nitrogens with one attached hydrogen (secondary N) is 1. The lowest BCUT2D eigenvalue weighted by molar-refractivity contribution is 0.102. The van der Waals surface area contributed by atoms with E-state index < -0.39 is 5.91 Å². The maximum absolute atomic E-state index is 13.2. The van der Waals surface area contributed by atoms with Crippen molar-refractivity contribution < 1.29 is 4.79 Å². The average molecular weight is 396 g/mol. The van der Waals surface area contributed by atoms with Gasteiger partial charge < -0.3 is 9.88 Å². The van der Waals surface area contributed by atoms with Crippen molar-refractivity contribution in [2.45, 2.75) is 13.5 Å². The third-order valence-electron chi connectivity index (χ3n) is 4.82. The fourth-order valence-corrected chi connectivity index (χ4v) is 3.39. The smallest absolute Gasteiger partial charge is 0.261 e. The third kappa shape index (κ3) is 4.03. The lowest BCUT2D eigenvalue weighted by atomic mass is 10.0. The highest BCUT2D eigenvalue weighted by Crippen LogP contribution is 2.25. The predicted molar refractivity (Wildman–Crippen MR) is 116 cm³/mol. The fourth-order valence-electron chi connectivity index (χ4n) is 3.39. The van der Waals surface area contributed by atoms with E-state index in [1.54, 1.807) is 49.1 Å². The lowest BCUT2D eigenvalue weighted by Gasteiger charge is -2.20. The molecule has 1 N–H and O–H groups in total. The van der Waals surface area contributed by atoms with Crippen LogP contribution >= 0.6 is 0 Å². The van der Waals surface area contributed by atoms with Crippen molar-refractivity contribution in [2.24, 2.45) is 0 Å². The summed E-state index contributed by atoms with van der Waals surface area (Å²) in [7, 11) is 0. The van der Waals surface area contributed by atoms with E-state index in [0.717, 1.165) is 16.8 Å². The number of carbonyl (C=O) groups excluding carboxylic acids is 1. The molecule has 3 heterocycles. The maximum Gasteiger partial charge on any atom is 0.261 e. The molecule has 1 amide bonds. The summed E-state index contributed by atoms with van der Waals surface area (Å²) in [5.74, 6) is -0.443. The van der Waals surface area contributed by atoms with Gasteiger partial charge in [0.15, 0.2) is 5.43 Å². The molecule has 1 aromatic carbocycles. The second-order valence-electron chi connectivity index (χ2n) is 6.87. The highest BCUT2D eigenvalue weighted by Gasteiger charge is 2.22. The lowest BCUT2D eigenvalue weighted by Crippen LogP contribution is -2.27. The molecule has 6 heteroatoms. The van der Waals surface area contributed by atoms with Gasteiger partial charge in [0.25, 0.3) is 5.91 Å². The molecule has 0 aliphatic rings. The quantitative estimate of drug-likeness (QED) is 0.555. The second-order valence-corrected chi connectivity index (χ2v) is 6.87. The predicted octanol–water partition coefficient (Wildman–Crippen LogP) is 3.91. The topological polar surface area (TPSA) is 76.9 Å². The minimum atomic E-state index is -0.443. The number of aromatic nitrogens is 3. The molecule has 6 nitrogen and oxygen atoms in total. The van der Waals surface area contributed by atoms with E-state index in [0.29, 0.717) is 17.9 Å². The maximum atomic E-state index is 13.2. The Balaban J connectivity index is 1.89. The normalized spacial score (nSPS) is 10.6. The summed E-state index contributed by atoms with van der Waals surface area (Å²) in [6.07, 6.45) is 6.75. The first-order valence-corrected chi connectivity index (χ1v) is 9.53. The molecular weight excluding hydrogens is 376 g/mol. The number of benzene rings is 1. The molecule has 0 saturated carbocycles. The minimum absolute atomic E-state index is 0.102. The Bertz CT molecular complexity index is 1220. The molecule has 0 fully saturated rings. The third-order valence-corrected chi connectivity index (χ3v) is 4.82. The molecule has 0 atom stereocenters. The Morgan fingerprint density at radius 2 is 1.57 bits per heavy atom. The standard InChI is InChI=1S/C24H20N4O2/c1-17-15-21(29)22(24(30)27-20-5-3-2-4-6-20)23(19-9-13-26-14-10-19)28(17)16-18-7-11-25-12-8-18/h2-15H,16H2,1H3,(H,27,30). The van der Waals surface area contributed by atoms with Crippen LogP contribution in [0.1, 0.15) is 21.6 Å². The van der Waals surface area contributed by atoms with Crippen LogP contribution in [0.2, 0.25) is 0 Å². The Hall–Kier alpha value is -4.06. The Morgan fingerprint density at radius 1 is 0.933 bits per heavy atom. The number of para-hydroxylation sites is 1. The SMILES string of the molecule is Cc1cc(=O)c(C(=O)Nc2ccccc2)c(-c2ccncc2)n1Cc1ccncc1. The first-order valence-electron chi connectivity index (χ1n) is 9.53. The molecule has 148 valence electrons. The molecule has 0 aliphatic carbocycles. The fraction of sp³-hybridized carbons (Fsp3) is 0.0833. The second kappa shape index (κ2) is 8.53. The number of amides is 1. The first kappa shape index (κ1) is 19.3. The molecule has 0 unspecified atom stereocenters. The number of hydrogen-bond donors (Lipinski definition) is 1. The van der Waals surface area contributed by atoms with Crippen molar-refractivity contribution in [3.05, 3.63) is 112 Å². The minimum Gasteiger partial charge on any atom is -0.340 e. The summed E-state index contributed by atoms with van der Waals surface area (Å²) in [5.41, 5.74) is 3.50. The van der Waals surface area contributed by atoms with Gasteiger partial charge in [-0.3, -0.25) is 19.6 Å². The van der Waals surface area contributed by atoms with E-state index in [1.807, 2.05) is 41.8 Å². The van der Waals surface area contributed by atoms with Crippen LogP contribution in [0.3, 0.4) is 0 Å². The van der Waals surface area contributed by atoms with Crippen LogP contribution in [0.4, 0.5) is 5.69 Å². The van der Waals surface area contributed by atoms with Gasteiger partial charge in [-0.2, -0.15) is 0 Å². The van der Waals surface area contributed by atoms with E-state index in [4.69, 9.17) is 0 Å². The molecule has 0 radical (unpaired) electrons.